The van der Waals surface area contributed by atoms with E-state index in [2.05, 4.69) is 37.1 Å². The fraction of sp³-hybridized carbons (Fsp3) is 0.583. The minimum absolute atomic E-state index is 0.0331. The highest BCUT2D eigenvalue weighted by molar-refractivity contribution is 5.72. The first kappa shape index (κ1) is 9.66. The third kappa shape index (κ3) is 1.44. The van der Waals surface area contributed by atoms with Crippen molar-refractivity contribution in [2.75, 3.05) is 20.1 Å². The molecule has 2 aliphatic rings. The fourth-order valence-corrected chi connectivity index (χ4v) is 2.37. The molecule has 1 fully saturated rings. The van der Waals surface area contributed by atoms with Crippen LogP contribution in [-0.4, -0.2) is 31.3 Å². The first-order valence-electron chi connectivity index (χ1n) is 5.25. The lowest BCUT2D eigenvalue weighted by Crippen LogP contribution is -2.56. The van der Waals surface area contributed by atoms with Gasteiger partial charge in [-0.15, -0.1) is 0 Å². The number of allylic oxidation sites excluding steroid dienone is 3. The highest BCUT2D eigenvalue weighted by Crippen LogP contribution is 2.37. The molecule has 1 aliphatic heterocycles. The number of rotatable bonds is 2. The predicted octanol–water partition coefficient (Wildman–Crippen LogP) is 2.09. The Bertz CT molecular complexity index is 295. The molecule has 76 valence electrons. The van der Waals surface area contributed by atoms with Crippen LogP contribution in [-0.2, 0) is 0 Å². The van der Waals surface area contributed by atoms with Crippen LogP contribution in [0.3, 0.4) is 0 Å². The molecule has 14 heavy (non-hydrogen) atoms. The molecule has 2 rings (SSSR count). The average molecular weight is 190 g/mol. The molecule has 1 saturated heterocycles. The Morgan fingerprint density at radius 2 is 2.29 bits per heavy atom. The minimum Gasteiger partial charge on any atom is -0.312 e. The quantitative estimate of drug-likeness (QED) is 0.663. The number of nitrogens with one attached hydrogen (secondary N) is 1. The second kappa shape index (κ2) is 3.35. The van der Waals surface area contributed by atoms with Crippen LogP contribution in [0, 0.1) is 16.7 Å². The molecule has 1 aliphatic carbocycles. The molecular formula is C12H18N2. The van der Waals surface area contributed by atoms with E-state index < -0.39 is 0 Å². The number of nitrogens with zero attached hydrogens (tertiary/aromatic N) is 1. The predicted molar refractivity (Wildman–Crippen MR) is 59.7 cm³/mol. The van der Waals surface area contributed by atoms with Gasteiger partial charge in [-0.1, -0.05) is 25.2 Å². The molecule has 0 amide bonds. The van der Waals surface area contributed by atoms with Gasteiger partial charge in [0.15, 0.2) is 0 Å². The number of hydrogen-bond acceptors (Lipinski definition) is 2. The molecule has 0 bridgehead atoms. The normalized spacial score (nSPS) is 30.7. The van der Waals surface area contributed by atoms with Crippen molar-refractivity contribution in [3.63, 3.8) is 0 Å². The van der Waals surface area contributed by atoms with Gasteiger partial charge in [-0.25, -0.2) is 0 Å². The molecule has 0 aromatic rings. The van der Waals surface area contributed by atoms with Crippen LogP contribution < -0.4 is 0 Å². The summed E-state index contributed by atoms with van der Waals surface area (Å²) in [5.41, 5.74) is 1.38. The summed E-state index contributed by atoms with van der Waals surface area (Å²) in [5.74, 6) is 0.666. The highest BCUT2D eigenvalue weighted by atomic mass is 15.2. The average Bonchev–Trinajstić information content (AvgIpc) is 2.14. The van der Waals surface area contributed by atoms with Crippen LogP contribution in [0.25, 0.3) is 0 Å². The van der Waals surface area contributed by atoms with Gasteiger partial charge in [0.1, 0.15) is 0 Å². The van der Waals surface area contributed by atoms with Crippen LogP contribution in [0.4, 0.5) is 0 Å². The largest absolute Gasteiger partial charge is 0.312 e. The second-order valence-corrected chi connectivity index (χ2v) is 4.70. The van der Waals surface area contributed by atoms with E-state index >= 15 is 0 Å². The van der Waals surface area contributed by atoms with Crippen molar-refractivity contribution < 1.29 is 0 Å². The van der Waals surface area contributed by atoms with Crippen LogP contribution in [0.5, 0.6) is 0 Å². The van der Waals surface area contributed by atoms with Crippen molar-refractivity contribution in [1.82, 2.24) is 4.90 Å². The Hall–Kier alpha value is -0.890. The molecule has 0 saturated carbocycles. The van der Waals surface area contributed by atoms with Crippen molar-refractivity contribution >= 4 is 6.21 Å². The summed E-state index contributed by atoms with van der Waals surface area (Å²) < 4.78 is 0. The van der Waals surface area contributed by atoms with Crippen molar-refractivity contribution in [3.8, 4) is 0 Å². The fourth-order valence-electron chi connectivity index (χ4n) is 2.37. The zero-order valence-corrected chi connectivity index (χ0v) is 8.96. The monoisotopic (exact) mass is 190 g/mol. The molecule has 2 heteroatoms. The van der Waals surface area contributed by atoms with Gasteiger partial charge in [-0.05, 0) is 25.0 Å². The van der Waals surface area contributed by atoms with Crippen LogP contribution in [0.1, 0.15) is 13.3 Å². The maximum atomic E-state index is 7.56. The van der Waals surface area contributed by atoms with E-state index in [-0.39, 0.29) is 5.41 Å². The standard InChI is InChI=1S/C12H18N2/c1-10-3-5-11(6-4-10)12(7-13)8-14(2)9-12/h3,5-7,10,13H,4,8-9H2,1-2H3. The van der Waals surface area contributed by atoms with Crippen molar-refractivity contribution in [3.05, 3.63) is 23.8 Å². The smallest absolute Gasteiger partial charge is 0.0549 e. The molecule has 1 atom stereocenters. The topological polar surface area (TPSA) is 27.1 Å². The Kier molecular flexibility index (Phi) is 2.31. The van der Waals surface area contributed by atoms with Crippen molar-refractivity contribution in [2.45, 2.75) is 13.3 Å². The Morgan fingerprint density at radius 1 is 1.57 bits per heavy atom. The summed E-state index contributed by atoms with van der Waals surface area (Å²) in [6.45, 7) is 4.23. The zero-order valence-electron chi connectivity index (χ0n) is 8.96. The van der Waals surface area contributed by atoms with E-state index in [1.165, 1.54) is 5.57 Å². The lowest BCUT2D eigenvalue weighted by molar-refractivity contribution is 0.120. The molecule has 0 radical (unpaired) electrons. The lowest BCUT2D eigenvalue weighted by Gasteiger charge is -2.47. The Balaban J connectivity index is 2.15. The Morgan fingerprint density at radius 3 is 2.71 bits per heavy atom. The summed E-state index contributed by atoms with van der Waals surface area (Å²) in [7, 11) is 2.11. The number of hydrogen-bond donors (Lipinski definition) is 1. The second-order valence-electron chi connectivity index (χ2n) is 4.70. The van der Waals surface area contributed by atoms with E-state index in [0.29, 0.717) is 5.92 Å². The summed E-state index contributed by atoms with van der Waals surface area (Å²) in [6, 6.07) is 0. The first-order valence-corrected chi connectivity index (χ1v) is 5.25. The molecular weight excluding hydrogens is 172 g/mol. The van der Waals surface area contributed by atoms with Crippen LogP contribution in [0.2, 0.25) is 0 Å². The molecule has 1 heterocycles. The van der Waals surface area contributed by atoms with Crippen molar-refractivity contribution in [1.29, 1.82) is 5.41 Å². The molecule has 0 spiro atoms. The van der Waals surface area contributed by atoms with Gasteiger partial charge in [0.2, 0.25) is 0 Å². The van der Waals surface area contributed by atoms with E-state index in [4.69, 9.17) is 5.41 Å². The van der Waals surface area contributed by atoms with Gasteiger partial charge >= 0.3 is 0 Å². The lowest BCUT2D eigenvalue weighted by atomic mass is 9.72. The van der Waals surface area contributed by atoms with Gasteiger partial charge in [0, 0.05) is 19.3 Å². The van der Waals surface area contributed by atoms with E-state index in [1.807, 2.05) is 0 Å². The highest BCUT2D eigenvalue weighted by Gasteiger charge is 2.41. The third-order valence-corrected chi connectivity index (χ3v) is 3.27. The minimum atomic E-state index is 0.0331. The third-order valence-electron chi connectivity index (χ3n) is 3.27. The molecule has 0 aromatic carbocycles. The van der Waals surface area contributed by atoms with Crippen LogP contribution >= 0.6 is 0 Å². The maximum absolute atomic E-state index is 7.56. The summed E-state index contributed by atoms with van der Waals surface area (Å²) in [6.07, 6.45) is 9.54. The summed E-state index contributed by atoms with van der Waals surface area (Å²) >= 11 is 0. The maximum Gasteiger partial charge on any atom is 0.0549 e. The molecule has 1 unspecified atom stereocenters. The van der Waals surface area contributed by atoms with Crippen molar-refractivity contribution in [2.24, 2.45) is 11.3 Å². The first-order chi connectivity index (χ1) is 6.66. The zero-order chi connectivity index (χ0) is 10.2. The SMILES string of the molecule is CC1C=CC(C2(C=N)CN(C)C2)=CC1. The molecule has 2 nitrogen and oxygen atoms in total. The van der Waals surface area contributed by atoms with Crippen LogP contribution in [0.15, 0.2) is 23.8 Å². The van der Waals surface area contributed by atoms with Gasteiger partial charge in [-0.2, -0.15) is 0 Å². The summed E-state index contributed by atoms with van der Waals surface area (Å²) in [5, 5.41) is 7.56. The molecule has 0 aromatic heterocycles. The van der Waals surface area contributed by atoms with E-state index in [9.17, 15) is 0 Å². The van der Waals surface area contributed by atoms with Gasteiger partial charge in [0.05, 0.1) is 5.41 Å². The summed E-state index contributed by atoms with van der Waals surface area (Å²) in [4.78, 5) is 2.26. The van der Waals surface area contributed by atoms with Gasteiger partial charge in [-0.3, -0.25) is 0 Å². The molecule has 1 N–H and O–H groups in total. The van der Waals surface area contributed by atoms with Gasteiger partial charge < -0.3 is 10.3 Å². The van der Waals surface area contributed by atoms with Gasteiger partial charge in [0.25, 0.3) is 0 Å². The van der Waals surface area contributed by atoms with E-state index in [1.54, 1.807) is 6.21 Å². The number of likely N-dealkylation sites (tertiary alicyclic amines) is 1. The Labute approximate surface area is 85.8 Å². The van der Waals surface area contributed by atoms with E-state index in [0.717, 1.165) is 19.5 Å².